The first-order chi connectivity index (χ1) is 12.4. The third-order valence-corrected chi connectivity index (χ3v) is 6.53. The van der Waals surface area contributed by atoms with E-state index >= 15 is 0 Å². The molecule has 1 N–H and O–H groups in total. The Bertz CT molecular complexity index is 976. The number of rotatable bonds is 4. The Balaban J connectivity index is 1.86. The van der Waals surface area contributed by atoms with Crippen LogP contribution < -0.4 is 5.32 Å². The fourth-order valence-corrected chi connectivity index (χ4v) is 4.76. The molecular formula is C18H16ClN3O3S. The largest absolute Gasteiger partial charge is 0.322 e. The zero-order valence-electron chi connectivity index (χ0n) is 13.8. The summed E-state index contributed by atoms with van der Waals surface area (Å²) < 4.78 is 26.9. The number of amides is 1. The Morgan fingerprint density at radius 3 is 2.38 bits per heavy atom. The topological polar surface area (TPSA) is 90.3 Å². The third kappa shape index (κ3) is 3.73. The molecule has 1 aliphatic heterocycles. The van der Waals surface area contributed by atoms with E-state index < -0.39 is 15.9 Å². The van der Waals surface area contributed by atoms with Crippen LogP contribution in [0.5, 0.6) is 0 Å². The van der Waals surface area contributed by atoms with Crippen LogP contribution in [0.2, 0.25) is 5.02 Å². The van der Waals surface area contributed by atoms with E-state index in [2.05, 4.69) is 5.32 Å². The van der Waals surface area contributed by atoms with Crippen LogP contribution in [0.4, 0.5) is 5.69 Å². The molecule has 8 heteroatoms. The molecule has 0 radical (unpaired) electrons. The predicted octanol–water partition coefficient (Wildman–Crippen LogP) is 3.25. The lowest BCUT2D eigenvalue weighted by Crippen LogP contribution is -2.28. The van der Waals surface area contributed by atoms with E-state index in [9.17, 15) is 13.2 Å². The van der Waals surface area contributed by atoms with E-state index in [0.717, 1.165) is 12.8 Å². The molecule has 2 aromatic carbocycles. The standard InChI is InChI=1S/C18H16ClN3O3S/c19-16-8-5-14(11-17(16)26(24,25)22-9-1-2-10-22)18(23)21-15-6-3-13(12-20)4-7-15/h3-8,11H,1-2,9-10H2,(H,21,23). The molecule has 0 aromatic heterocycles. The third-order valence-electron chi connectivity index (χ3n) is 4.15. The van der Waals surface area contributed by atoms with E-state index in [-0.39, 0.29) is 15.5 Å². The molecule has 6 nitrogen and oxygen atoms in total. The summed E-state index contributed by atoms with van der Waals surface area (Å²) in [6.07, 6.45) is 1.63. The number of carbonyl (C=O) groups excluding carboxylic acids is 1. The summed E-state index contributed by atoms with van der Waals surface area (Å²) in [5.41, 5.74) is 1.18. The molecule has 0 unspecified atom stereocenters. The van der Waals surface area contributed by atoms with Crippen molar-refractivity contribution in [2.24, 2.45) is 0 Å². The first-order valence-electron chi connectivity index (χ1n) is 8.03. The maximum absolute atomic E-state index is 12.7. The number of nitriles is 1. The number of benzene rings is 2. The van der Waals surface area contributed by atoms with Crippen molar-refractivity contribution in [3.8, 4) is 6.07 Å². The van der Waals surface area contributed by atoms with Crippen LogP contribution in [0.3, 0.4) is 0 Å². The summed E-state index contributed by atoms with van der Waals surface area (Å²) >= 11 is 6.09. The highest BCUT2D eigenvalue weighted by Crippen LogP contribution is 2.28. The molecule has 1 fully saturated rings. The number of nitrogens with zero attached hydrogens (tertiary/aromatic N) is 2. The molecular weight excluding hydrogens is 374 g/mol. The Kier molecular flexibility index (Phi) is 5.28. The van der Waals surface area contributed by atoms with Gasteiger partial charge >= 0.3 is 0 Å². The molecule has 0 bridgehead atoms. The van der Waals surface area contributed by atoms with Crippen molar-refractivity contribution < 1.29 is 13.2 Å². The smallest absolute Gasteiger partial charge is 0.255 e. The SMILES string of the molecule is N#Cc1ccc(NC(=O)c2ccc(Cl)c(S(=O)(=O)N3CCCC3)c2)cc1. The van der Waals surface area contributed by atoms with Crippen molar-refractivity contribution in [2.45, 2.75) is 17.7 Å². The monoisotopic (exact) mass is 389 g/mol. The number of carbonyl (C=O) groups is 1. The summed E-state index contributed by atoms with van der Waals surface area (Å²) in [7, 11) is -3.72. The van der Waals surface area contributed by atoms with E-state index in [1.54, 1.807) is 24.3 Å². The molecule has 0 aliphatic carbocycles. The van der Waals surface area contributed by atoms with Gasteiger partial charge in [0, 0.05) is 24.3 Å². The van der Waals surface area contributed by atoms with Crippen LogP contribution in [0.15, 0.2) is 47.4 Å². The zero-order chi connectivity index (χ0) is 18.7. The molecule has 134 valence electrons. The zero-order valence-corrected chi connectivity index (χ0v) is 15.3. The maximum Gasteiger partial charge on any atom is 0.255 e. The van der Waals surface area contributed by atoms with Crippen molar-refractivity contribution in [3.63, 3.8) is 0 Å². The number of hydrogen-bond acceptors (Lipinski definition) is 4. The second-order valence-electron chi connectivity index (χ2n) is 5.90. The molecule has 1 saturated heterocycles. The van der Waals surface area contributed by atoms with Gasteiger partial charge in [0.05, 0.1) is 16.7 Å². The van der Waals surface area contributed by atoms with Gasteiger partial charge in [0.25, 0.3) is 5.91 Å². The second-order valence-corrected chi connectivity index (χ2v) is 8.21. The van der Waals surface area contributed by atoms with E-state index in [1.807, 2.05) is 6.07 Å². The van der Waals surface area contributed by atoms with Gasteiger partial charge in [-0.3, -0.25) is 4.79 Å². The minimum absolute atomic E-state index is 0.0615. The molecule has 26 heavy (non-hydrogen) atoms. The molecule has 0 atom stereocenters. The lowest BCUT2D eigenvalue weighted by Gasteiger charge is -2.17. The number of sulfonamides is 1. The number of halogens is 1. The van der Waals surface area contributed by atoms with Crippen LogP contribution in [-0.4, -0.2) is 31.7 Å². The van der Waals surface area contributed by atoms with Gasteiger partial charge in [-0.2, -0.15) is 9.57 Å². The normalized spacial score (nSPS) is 14.8. The lowest BCUT2D eigenvalue weighted by atomic mass is 10.2. The Morgan fingerprint density at radius 2 is 1.77 bits per heavy atom. The van der Waals surface area contributed by atoms with Crippen LogP contribution in [0.25, 0.3) is 0 Å². The fraction of sp³-hybridized carbons (Fsp3) is 0.222. The van der Waals surface area contributed by atoms with Gasteiger partial charge in [0.1, 0.15) is 4.90 Å². The average molecular weight is 390 g/mol. The Morgan fingerprint density at radius 1 is 1.12 bits per heavy atom. The van der Waals surface area contributed by atoms with Gasteiger partial charge in [-0.1, -0.05) is 11.6 Å². The van der Waals surface area contributed by atoms with Crippen LogP contribution in [0.1, 0.15) is 28.8 Å². The van der Waals surface area contributed by atoms with Crippen molar-refractivity contribution in [3.05, 3.63) is 58.6 Å². The summed E-state index contributed by atoms with van der Waals surface area (Å²) in [5.74, 6) is -0.454. The Hall–Kier alpha value is -2.40. The van der Waals surface area contributed by atoms with Crippen molar-refractivity contribution >= 4 is 33.2 Å². The summed E-state index contributed by atoms with van der Waals surface area (Å²) in [5, 5.41) is 11.6. The molecule has 3 rings (SSSR count). The average Bonchev–Trinajstić information content (AvgIpc) is 3.18. The maximum atomic E-state index is 12.7. The van der Waals surface area contributed by atoms with Gasteiger partial charge in [-0.15, -0.1) is 0 Å². The minimum Gasteiger partial charge on any atom is -0.322 e. The van der Waals surface area contributed by atoms with Gasteiger partial charge in [0.2, 0.25) is 10.0 Å². The second kappa shape index (κ2) is 7.46. The van der Waals surface area contributed by atoms with Gasteiger partial charge < -0.3 is 5.32 Å². The van der Waals surface area contributed by atoms with Crippen molar-refractivity contribution in [1.29, 1.82) is 5.26 Å². The van der Waals surface area contributed by atoms with Crippen LogP contribution in [0, 0.1) is 11.3 Å². The highest BCUT2D eigenvalue weighted by atomic mass is 35.5. The highest BCUT2D eigenvalue weighted by Gasteiger charge is 2.29. The molecule has 2 aromatic rings. The first kappa shape index (κ1) is 18.4. The van der Waals surface area contributed by atoms with Crippen molar-refractivity contribution in [2.75, 3.05) is 18.4 Å². The minimum atomic E-state index is -3.72. The molecule has 0 spiro atoms. The molecule has 0 saturated carbocycles. The molecule has 1 aliphatic rings. The van der Waals surface area contributed by atoms with Gasteiger partial charge in [-0.05, 0) is 55.3 Å². The van der Waals surface area contributed by atoms with Crippen molar-refractivity contribution in [1.82, 2.24) is 4.31 Å². The first-order valence-corrected chi connectivity index (χ1v) is 9.85. The predicted molar refractivity (Wildman–Crippen MR) is 98.6 cm³/mol. The van der Waals surface area contributed by atoms with E-state index in [4.69, 9.17) is 16.9 Å². The van der Waals surface area contributed by atoms with E-state index in [1.165, 1.54) is 22.5 Å². The number of nitrogens with one attached hydrogen (secondary N) is 1. The van der Waals surface area contributed by atoms with E-state index in [0.29, 0.717) is 24.3 Å². The van der Waals surface area contributed by atoms with Gasteiger partial charge in [0.15, 0.2) is 0 Å². The van der Waals surface area contributed by atoms with Gasteiger partial charge in [-0.25, -0.2) is 8.42 Å². The number of hydrogen-bond donors (Lipinski definition) is 1. The molecule has 1 heterocycles. The number of anilines is 1. The highest BCUT2D eigenvalue weighted by molar-refractivity contribution is 7.89. The summed E-state index contributed by atoms with van der Waals surface area (Å²) in [6.45, 7) is 0.917. The van der Waals surface area contributed by atoms with Crippen LogP contribution >= 0.6 is 11.6 Å². The fourth-order valence-electron chi connectivity index (χ4n) is 2.74. The summed E-state index contributed by atoms with van der Waals surface area (Å²) in [6, 6.07) is 12.6. The Labute approximate surface area is 157 Å². The molecule has 1 amide bonds. The lowest BCUT2D eigenvalue weighted by molar-refractivity contribution is 0.102. The van der Waals surface area contributed by atoms with Crippen LogP contribution in [-0.2, 0) is 10.0 Å². The quantitative estimate of drug-likeness (QED) is 0.868. The summed E-state index contributed by atoms with van der Waals surface area (Å²) in [4.78, 5) is 12.4.